The van der Waals surface area contributed by atoms with Crippen LogP contribution in [0, 0.1) is 35.0 Å². The second kappa shape index (κ2) is 9.61. The van der Waals surface area contributed by atoms with E-state index in [1.54, 1.807) is 27.7 Å². The third kappa shape index (κ3) is 5.22. The van der Waals surface area contributed by atoms with E-state index in [2.05, 4.69) is 0 Å². The van der Waals surface area contributed by atoms with Crippen molar-refractivity contribution in [3.63, 3.8) is 0 Å². The Bertz CT molecular complexity index is 539. The molecule has 0 aliphatic rings. The predicted octanol–water partition coefficient (Wildman–Crippen LogP) is 4.61. The van der Waals surface area contributed by atoms with Gasteiger partial charge in [0.2, 0.25) is 5.82 Å². The predicted molar refractivity (Wildman–Crippen MR) is 84.5 cm³/mol. The number of halogens is 5. The molecule has 0 radical (unpaired) electrons. The van der Waals surface area contributed by atoms with Crippen molar-refractivity contribution >= 4 is 8.80 Å². The zero-order chi connectivity index (χ0) is 19.2. The molecule has 0 aromatic heterocycles. The van der Waals surface area contributed by atoms with Crippen molar-refractivity contribution in [2.24, 2.45) is 5.92 Å². The molecule has 0 N–H and O–H groups in total. The van der Waals surface area contributed by atoms with Crippen molar-refractivity contribution in [2.75, 3.05) is 19.8 Å². The zero-order valence-corrected chi connectivity index (χ0v) is 15.7. The highest BCUT2D eigenvalue weighted by atomic mass is 28.4. The van der Waals surface area contributed by atoms with E-state index in [4.69, 9.17) is 13.3 Å². The average molecular weight is 386 g/mol. The van der Waals surface area contributed by atoms with Gasteiger partial charge in [-0.15, -0.1) is 0 Å². The maximum atomic E-state index is 13.8. The number of hydrogen-bond donors (Lipinski definition) is 0. The highest BCUT2D eigenvalue weighted by Crippen LogP contribution is 2.29. The number of rotatable bonds is 10. The van der Waals surface area contributed by atoms with Crippen molar-refractivity contribution < 1.29 is 35.2 Å². The van der Waals surface area contributed by atoms with Gasteiger partial charge in [0.05, 0.1) is 0 Å². The van der Waals surface area contributed by atoms with Crippen LogP contribution in [0.5, 0.6) is 0 Å². The fourth-order valence-corrected chi connectivity index (χ4v) is 5.56. The lowest BCUT2D eigenvalue weighted by atomic mass is 10.0. The highest BCUT2D eigenvalue weighted by molar-refractivity contribution is 6.60. The number of hydrogen-bond acceptors (Lipinski definition) is 3. The molecule has 0 bridgehead atoms. The van der Waals surface area contributed by atoms with Crippen molar-refractivity contribution in [2.45, 2.75) is 40.2 Å². The van der Waals surface area contributed by atoms with Gasteiger partial charge in [-0.3, -0.25) is 0 Å². The number of benzene rings is 1. The molecule has 1 aromatic rings. The Labute approximate surface area is 145 Å². The van der Waals surface area contributed by atoms with Gasteiger partial charge in [-0.2, -0.15) is 0 Å². The normalized spacial score (nSPS) is 13.3. The molecule has 144 valence electrons. The molecular formula is C16H23F5O3Si. The minimum atomic E-state index is -3.09. The van der Waals surface area contributed by atoms with Crippen LogP contribution in [0.25, 0.3) is 0 Å². The molecule has 0 aliphatic heterocycles. The van der Waals surface area contributed by atoms with Crippen LogP contribution >= 0.6 is 0 Å². The monoisotopic (exact) mass is 386 g/mol. The van der Waals surface area contributed by atoms with Gasteiger partial charge in [0.25, 0.3) is 0 Å². The van der Waals surface area contributed by atoms with Gasteiger partial charge in [-0.25, -0.2) is 22.0 Å². The minimum absolute atomic E-state index is 0.196. The van der Waals surface area contributed by atoms with E-state index in [1.807, 2.05) is 0 Å². The van der Waals surface area contributed by atoms with Crippen LogP contribution in [0.4, 0.5) is 22.0 Å². The van der Waals surface area contributed by atoms with E-state index >= 15 is 0 Å². The Morgan fingerprint density at radius 3 is 1.44 bits per heavy atom. The molecule has 1 unspecified atom stereocenters. The summed E-state index contributed by atoms with van der Waals surface area (Å²) in [6.45, 7) is 7.86. The van der Waals surface area contributed by atoms with Gasteiger partial charge in [0, 0.05) is 31.4 Å². The van der Waals surface area contributed by atoms with Crippen molar-refractivity contribution in [1.29, 1.82) is 0 Å². The fourth-order valence-electron chi connectivity index (χ4n) is 2.64. The van der Waals surface area contributed by atoms with Crippen LogP contribution in [0.3, 0.4) is 0 Å². The van der Waals surface area contributed by atoms with Gasteiger partial charge < -0.3 is 13.3 Å². The Morgan fingerprint density at radius 2 is 1.08 bits per heavy atom. The van der Waals surface area contributed by atoms with Crippen molar-refractivity contribution in [3.8, 4) is 0 Å². The maximum Gasteiger partial charge on any atom is 0.501 e. The molecule has 0 aliphatic carbocycles. The van der Waals surface area contributed by atoms with E-state index in [0.717, 1.165) is 0 Å². The summed E-state index contributed by atoms with van der Waals surface area (Å²) in [7, 11) is -3.09. The van der Waals surface area contributed by atoms with Gasteiger partial charge in [0.15, 0.2) is 23.3 Å². The summed E-state index contributed by atoms with van der Waals surface area (Å²) in [5.74, 6) is -10.1. The first-order valence-electron chi connectivity index (χ1n) is 8.15. The molecule has 3 nitrogen and oxygen atoms in total. The average Bonchev–Trinajstić information content (AvgIpc) is 2.56. The highest BCUT2D eigenvalue weighted by Gasteiger charge is 2.42. The third-order valence-electron chi connectivity index (χ3n) is 3.54. The second-order valence-electron chi connectivity index (χ2n) is 5.54. The van der Waals surface area contributed by atoms with Crippen LogP contribution in [0.2, 0.25) is 6.04 Å². The molecule has 0 spiro atoms. The summed E-state index contributed by atoms with van der Waals surface area (Å²) in [4.78, 5) is 0. The summed E-state index contributed by atoms with van der Waals surface area (Å²) in [5.41, 5.74) is -0.837. The van der Waals surface area contributed by atoms with Crippen LogP contribution in [-0.4, -0.2) is 28.6 Å². The van der Waals surface area contributed by atoms with Crippen molar-refractivity contribution in [3.05, 3.63) is 34.6 Å². The van der Waals surface area contributed by atoms with E-state index in [0.29, 0.717) is 19.8 Å². The molecule has 0 heterocycles. The van der Waals surface area contributed by atoms with Crippen LogP contribution < -0.4 is 0 Å². The lowest BCUT2D eigenvalue weighted by Crippen LogP contribution is -2.47. The van der Waals surface area contributed by atoms with E-state index in [9.17, 15) is 22.0 Å². The Morgan fingerprint density at radius 1 is 0.720 bits per heavy atom. The molecule has 25 heavy (non-hydrogen) atoms. The summed E-state index contributed by atoms with van der Waals surface area (Å²) < 4.78 is 84.4. The molecular weight excluding hydrogens is 363 g/mol. The van der Waals surface area contributed by atoms with E-state index in [1.165, 1.54) is 0 Å². The molecule has 0 saturated carbocycles. The molecule has 1 rings (SSSR count). The summed E-state index contributed by atoms with van der Waals surface area (Å²) in [6, 6.07) is 0.196. The SMILES string of the molecule is CCO[Si](CC(C)Cc1c(F)c(F)c(F)c(F)c1F)(OCC)OCC. The Balaban J connectivity index is 3.07. The van der Waals surface area contributed by atoms with Crippen molar-refractivity contribution in [1.82, 2.24) is 0 Å². The van der Waals surface area contributed by atoms with E-state index in [-0.39, 0.29) is 12.5 Å². The minimum Gasteiger partial charge on any atom is -0.374 e. The van der Waals surface area contributed by atoms with Gasteiger partial charge in [-0.05, 0) is 33.1 Å². The molecule has 9 heteroatoms. The smallest absolute Gasteiger partial charge is 0.374 e. The summed E-state index contributed by atoms with van der Waals surface area (Å²) in [5, 5.41) is 0. The first-order valence-corrected chi connectivity index (χ1v) is 10.1. The van der Waals surface area contributed by atoms with Crippen LogP contribution in [0.1, 0.15) is 33.3 Å². The summed E-state index contributed by atoms with van der Waals surface area (Å²) >= 11 is 0. The quantitative estimate of drug-likeness (QED) is 0.254. The van der Waals surface area contributed by atoms with Gasteiger partial charge in [0.1, 0.15) is 0 Å². The molecule has 0 amide bonds. The van der Waals surface area contributed by atoms with Crippen LogP contribution in [0.15, 0.2) is 0 Å². The Hall–Kier alpha value is -1.03. The molecule has 0 saturated heterocycles. The lowest BCUT2D eigenvalue weighted by molar-refractivity contribution is 0.0675. The Kier molecular flexibility index (Phi) is 8.46. The molecule has 0 fully saturated rings. The largest absolute Gasteiger partial charge is 0.501 e. The third-order valence-corrected chi connectivity index (χ3v) is 6.93. The van der Waals surface area contributed by atoms with E-state index < -0.39 is 49.4 Å². The molecule has 1 atom stereocenters. The topological polar surface area (TPSA) is 27.7 Å². The maximum absolute atomic E-state index is 13.8. The van der Waals surface area contributed by atoms with Crippen LogP contribution in [-0.2, 0) is 19.7 Å². The standard InChI is InChI=1S/C16H23F5O3Si/c1-5-22-25(23-6-2,24-7-3)9-10(4)8-11-12(17)14(19)16(21)15(20)13(11)18/h10H,5-9H2,1-4H3. The molecule has 1 aromatic carbocycles. The second-order valence-corrected chi connectivity index (χ2v) is 8.18. The van der Waals surface area contributed by atoms with Gasteiger partial charge >= 0.3 is 8.80 Å². The first-order chi connectivity index (χ1) is 11.7. The lowest BCUT2D eigenvalue weighted by Gasteiger charge is -2.30. The fraction of sp³-hybridized carbons (Fsp3) is 0.625. The summed E-state index contributed by atoms with van der Waals surface area (Å²) in [6.07, 6.45) is -0.353. The zero-order valence-electron chi connectivity index (χ0n) is 14.7. The van der Waals surface area contributed by atoms with Gasteiger partial charge in [-0.1, -0.05) is 6.92 Å². The first kappa shape index (κ1) is 22.0.